The van der Waals surface area contributed by atoms with E-state index in [1.807, 2.05) is 19.1 Å². The van der Waals surface area contributed by atoms with Crippen LogP contribution in [0.5, 0.6) is 0 Å². The molecule has 1 atom stereocenters. The van der Waals surface area contributed by atoms with E-state index in [9.17, 15) is 9.59 Å². The largest absolute Gasteiger partial charge is 0.481 e. The molecule has 0 radical (unpaired) electrons. The number of benzene rings is 1. The molecule has 19 heavy (non-hydrogen) atoms. The molecule has 0 aliphatic carbocycles. The van der Waals surface area contributed by atoms with Crippen LogP contribution in [0.2, 0.25) is 0 Å². The molecule has 0 aliphatic rings. The first-order valence-corrected chi connectivity index (χ1v) is 6.51. The van der Waals surface area contributed by atoms with E-state index in [2.05, 4.69) is 31.3 Å². The van der Waals surface area contributed by atoms with Crippen molar-refractivity contribution in [3.8, 4) is 0 Å². The van der Waals surface area contributed by atoms with Gasteiger partial charge in [-0.15, -0.1) is 0 Å². The van der Waals surface area contributed by atoms with Gasteiger partial charge in [-0.3, -0.25) is 9.59 Å². The molecule has 0 spiro atoms. The second kappa shape index (κ2) is 6.92. The SMILES string of the molecule is CC(C)c1ccc([C@@H](C)NC(=O)CCC(=O)O)cc1. The van der Waals surface area contributed by atoms with Crippen LogP contribution in [-0.2, 0) is 9.59 Å². The Kier molecular flexibility index (Phi) is 5.55. The molecule has 0 bridgehead atoms. The molecule has 0 unspecified atom stereocenters. The number of carboxylic acid groups (broad SMARTS) is 1. The highest BCUT2D eigenvalue weighted by atomic mass is 16.4. The molecular formula is C15H21NO3. The fourth-order valence-electron chi connectivity index (χ4n) is 1.79. The molecule has 1 aromatic rings. The van der Waals surface area contributed by atoms with Gasteiger partial charge in [0.2, 0.25) is 5.91 Å². The maximum Gasteiger partial charge on any atom is 0.303 e. The molecule has 1 amide bonds. The van der Waals surface area contributed by atoms with Crippen LogP contribution in [0.1, 0.15) is 56.7 Å². The maximum absolute atomic E-state index is 11.5. The van der Waals surface area contributed by atoms with Crippen LogP contribution in [0.4, 0.5) is 0 Å². The van der Waals surface area contributed by atoms with Crippen molar-refractivity contribution in [1.82, 2.24) is 5.32 Å². The summed E-state index contributed by atoms with van der Waals surface area (Å²) >= 11 is 0. The fraction of sp³-hybridized carbons (Fsp3) is 0.467. The molecule has 4 nitrogen and oxygen atoms in total. The predicted molar refractivity (Wildman–Crippen MR) is 74.0 cm³/mol. The lowest BCUT2D eigenvalue weighted by atomic mass is 9.99. The Morgan fingerprint density at radius 3 is 2.05 bits per heavy atom. The maximum atomic E-state index is 11.5. The summed E-state index contributed by atoms with van der Waals surface area (Å²) in [6.07, 6.45) is -0.116. The lowest BCUT2D eigenvalue weighted by Gasteiger charge is -2.15. The van der Waals surface area contributed by atoms with Crippen LogP contribution in [0.15, 0.2) is 24.3 Å². The summed E-state index contributed by atoms with van der Waals surface area (Å²) in [5.74, 6) is -0.707. The number of amides is 1. The standard InChI is InChI=1S/C15H21NO3/c1-10(2)12-4-6-13(7-5-12)11(3)16-14(17)8-9-15(18)19/h4-7,10-11H,8-9H2,1-3H3,(H,16,17)(H,18,19)/t11-/m1/s1. The van der Waals surface area contributed by atoms with E-state index in [1.54, 1.807) is 0 Å². The summed E-state index contributed by atoms with van der Waals surface area (Å²) in [6.45, 7) is 6.15. The van der Waals surface area contributed by atoms with Crippen LogP contribution in [0, 0.1) is 0 Å². The first kappa shape index (κ1) is 15.2. The minimum absolute atomic E-state index is 0.0176. The van der Waals surface area contributed by atoms with Crippen LogP contribution < -0.4 is 5.32 Å². The highest BCUT2D eigenvalue weighted by molar-refractivity contribution is 5.80. The molecule has 0 aliphatic heterocycles. The van der Waals surface area contributed by atoms with Crippen molar-refractivity contribution in [3.05, 3.63) is 35.4 Å². The summed E-state index contributed by atoms with van der Waals surface area (Å²) in [4.78, 5) is 21.9. The van der Waals surface area contributed by atoms with Gasteiger partial charge in [0, 0.05) is 6.42 Å². The highest BCUT2D eigenvalue weighted by Gasteiger charge is 2.11. The van der Waals surface area contributed by atoms with Gasteiger partial charge in [0.25, 0.3) is 0 Å². The Morgan fingerprint density at radius 1 is 1.05 bits per heavy atom. The van der Waals surface area contributed by atoms with Crippen molar-refractivity contribution < 1.29 is 14.7 Å². The minimum Gasteiger partial charge on any atom is -0.481 e. The van der Waals surface area contributed by atoms with Crippen LogP contribution in [0.25, 0.3) is 0 Å². The summed E-state index contributed by atoms with van der Waals surface area (Å²) in [5.41, 5.74) is 2.28. The number of carbonyl (C=O) groups excluding carboxylic acids is 1. The van der Waals surface area contributed by atoms with Crippen LogP contribution in [-0.4, -0.2) is 17.0 Å². The van der Waals surface area contributed by atoms with Crippen molar-refractivity contribution in [3.63, 3.8) is 0 Å². The lowest BCUT2D eigenvalue weighted by molar-refractivity contribution is -0.138. The topological polar surface area (TPSA) is 66.4 Å². The van der Waals surface area contributed by atoms with Gasteiger partial charge in [0.15, 0.2) is 0 Å². The average Bonchev–Trinajstić information content (AvgIpc) is 2.36. The van der Waals surface area contributed by atoms with Crippen molar-refractivity contribution in [2.24, 2.45) is 0 Å². The Balaban J connectivity index is 2.55. The number of aliphatic carboxylic acids is 1. The van der Waals surface area contributed by atoms with Crippen molar-refractivity contribution in [1.29, 1.82) is 0 Å². The molecule has 0 saturated carbocycles. The van der Waals surface area contributed by atoms with Gasteiger partial charge in [0.05, 0.1) is 12.5 Å². The zero-order valence-electron chi connectivity index (χ0n) is 11.6. The number of hydrogen-bond acceptors (Lipinski definition) is 2. The first-order chi connectivity index (χ1) is 8.90. The molecule has 0 aromatic heterocycles. The van der Waals surface area contributed by atoms with E-state index in [1.165, 1.54) is 5.56 Å². The number of carbonyl (C=O) groups is 2. The van der Waals surface area contributed by atoms with Gasteiger partial charge in [0.1, 0.15) is 0 Å². The van der Waals surface area contributed by atoms with Crippen LogP contribution >= 0.6 is 0 Å². The number of rotatable bonds is 6. The van der Waals surface area contributed by atoms with Gasteiger partial charge < -0.3 is 10.4 Å². The van der Waals surface area contributed by atoms with E-state index in [0.717, 1.165) is 5.56 Å². The third-order valence-corrected chi connectivity index (χ3v) is 3.05. The number of hydrogen-bond donors (Lipinski definition) is 2. The number of nitrogens with one attached hydrogen (secondary N) is 1. The minimum atomic E-state index is -0.955. The molecule has 104 valence electrons. The normalized spacial score (nSPS) is 12.2. The van der Waals surface area contributed by atoms with Crippen molar-refractivity contribution in [2.45, 2.75) is 45.6 Å². The molecule has 1 aromatic carbocycles. The van der Waals surface area contributed by atoms with Gasteiger partial charge in [-0.1, -0.05) is 38.1 Å². The first-order valence-electron chi connectivity index (χ1n) is 6.51. The summed E-state index contributed by atoms with van der Waals surface area (Å²) < 4.78 is 0. The Labute approximate surface area is 113 Å². The zero-order chi connectivity index (χ0) is 14.4. The van der Waals surface area contributed by atoms with E-state index in [4.69, 9.17) is 5.11 Å². The van der Waals surface area contributed by atoms with Crippen LogP contribution in [0.3, 0.4) is 0 Å². The van der Waals surface area contributed by atoms with E-state index >= 15 is 0 Å². The van der Waals surface area contributed by atoms with E-state index in [0.29, 0.717) is 5.92 Å². The lowest BCUT2D eigenvalue weighted by Crippen LogP contribution is -2.26. The molecular weight excluding hydrogens is 242 g/mol. The zero-order valence-corrected chi connectivity index (χ0v) is 11.6. The molecule has 0 fully saturated rings. The fourth-order valence-corrected chi connectivity index (χ4v) is 1.79. The molecule has 2 N–H and O–H groups in total. The van der Waals surface area contributed by atoms with Gasteiger partial charge in [-0.05, 0) is 24.0 Å². The van der Waals surface area contributed by atoms with Crippen molar-refractivity contribution >= 4 is 11.9 Å². The highest BCUT2D eigenvalue weighted by Crippen LogP contribution is 2.18. The molecule has 0 heterocycles. The van der Waals surface area contributed by atoms with Gasteiger partial charge in [-0.25, -0.2) is 0 Å². The predicted octanol–water partition coefficient (Wildman–Crippen LogP) is 2.85. The Bertz CT molecular complexity index is 437. The monoisotopic (exact) mass is 263 g/mol. The molecule has 4 heteroatoms. The smallest absolute Gasteiger partial charge is 0.303 e. The van der Waals surface area contributed by atoms with E-state index < -0.39 is 5.97 Å². The van der Waals surface area contributed by atoms with E-state index in [-0.39, 0.29) is 24.8 Å². The second-order valence-electron chi connectivity index (χ2n) is 5.00. The summed E-state index contributed by atoms with van der Waals surface area (Å²) in [6, 6.07) is 8.00. The summed E-state index contributed by atoms with van der Waals surface area (Å²) in [5, 5.41) is 11.3. The molecule has 1 rings (SSSR count). The average molecular weight is 263 g/mol. The second-order valence-corrected chi connectivity index (χ2v) is 5.00. The van der Waals surface area contributed by atoms with Gasteiger partial charge in [-0.2, -0.15) is 0 Å². The number of carboxylic acids is 1. The summed E-state index contributed by atoms with van der Waals surface area (Å²) in [7, 11) is 0. The quantitative estimate of drug-likeness (QED) is 0.829. The third kappa shape index (κ3) is 5.12. The Hall–Kier alpha value is -1.84. The third-order valence-electron chi connectivity index (χ3n) is 3.05. The Morgan fingerprint density at radius 2 is 1.58 bits per heavy atom. The molecule has 0 saturated heterocycles. The van der Waals surface area contributed by atoms with Crippen molar-refractivity contribution in [2.75, 3.05) is 0 Å². The van der Waals surface area contributed by atoms with Gasteiger partial charge >= 0.3 is 5.97 Å².